The van der Waals surface area contributed by atoms with Gasteiger partial charge in [-0.25, -0.2) is 0 Å². The number of rotatable bonds is 8. The lowest BCUT2D eigenvalue weighted by Gasteiger charge is -2.30. The zero-order valence-corrected chi connectivity index (χ0v) is 9.95. The molecule has 0 aliphatic rings. The number of hydrogen-bond acceptors (Lipinski definition) is 1. The van der Waals surface area contributed by atoms with Crippen molar-refractivity contribution in [3.05, 3.63) is 0 Å². The molecular weight excluding hydrogens is 158 g/mol. The van der Waals surface area contributed by atoms with Gasteiger partial charge in [-0.1, -0.05) is 40.0 Å². The standard InChI is InChI=1S/C12H27N/c1-5-8-10-12(4,7-3)13-11-9-6-2/h13H,5-11H2,1-4H3. The summed E-state index contributed by atoms with van der Waals surface area (Å²) in [5, 5.41) is 3.68. The molecule has 0 radical (unpaired) electrons. The summed E-state index contributed by atoms with van der Waals surface area (Å²) in [6.07, 6.45) is 7.83. The van der Waals surface area contributed by atoms with Crippen molar-refractivity contribution in [2.24, 2.45) is 0 Å². The van der Waals surface area contributed by atoms with E-state index in [4.69, 9.17) is 0 Å². The summed E-state index contributed by atoms with van der Waals surface area (Å²) >= 11 is 0. The SMILES string of the molecule is CCCCNC(C)(CC)CCCC. The largest absolute Gasteiger partial charge is 0.312 e. The van der Waals surface area contributed by atoms with Crippen LogP contribution in [0.25, 0.3) is 0 Å². The molecule has 80 valence electrons. The predicted octanol–water partition coefficient (Wildman–Crippen LogP) is 3.74. The van der Waals surface area contributed by atoms with Gasteiger partial charge in [0.2, 0.25) is 0 Å². The summed E-state index contributed by atoms with van der Waals surface area (Å²) in [4.78, 5) is 0. The summed E-state index contributed by atoms with van der Waals surface area (Å²) < 4.78 is 0. The van der Waals surface area contributed by atoms with Crippen LogP contribution in [-0.2, 0) is 0 Å². The van der Waals surface area contributed by atoms with Crippen molar-refractivity contribution in [2.45, 2.75) is 71.8 Å². The molecule has 0 fully saturated rings. The highest BCUT2D eigenvalue weighted by molar-refractivity contribution is 4.80. The lowest BCUT2D eigenvalue weighted by Crippen LogP contribution is -2.42. The Morgan fingerprint density at radius 2 is 1.62 bits per heavy atom. The Balaban J connectivity index is 3.67. The molecule has 0 aromatic carbocycles. The van der Waals surface area contributed by atoms with Gasteiger partial charge < -0.3 is 5.32 Å². The highest BCUT2D eigenvalue weighted by atomic mass is 15.0. The van der Waals surface area contributed by atoms with Gasteiger partial charge in [0, 0.05) is 5.54 Å². The van der Waals surface area contributed by atoms with Gasteiger partial charge in [0.05, 0.1) is 0 Å². The second-order valence-electron chi connectivity index (χ2n) is 4.30. The fourth-order valence-corrected chi connectivity index (χ4v) is 1.52. The molecular formula is C12H27N. The minimum atomic E-state index is 0.394. The molecule has 0 saturated heterocycles. The Kier molecular flexibility index (Phi) is 7.35. The van der Waals surface area contributed by atoms with Gasteiger partial charge in [-0.2, -0.15) is 0 Å². The van der Waals surface area contributed by atoms with Crippen LogP contribution in [0.2, 0.25) is 0 Å². The van der Waals surface area contributed by atoms with E-state index in [9.17, 15) is 0 Å². The van der Waals surface area contributed by atoms with Gasteiger partial charge in [-0.3, -0.25) is 0 Å². The van der Waals surface area contributed by atoms with Gasteiger partial charge in [-0.15, -0.1) is 0 Å². The lowest BCUT2D eigenvalue weighted by molar-refractivity contribution is 0.309. The summed E-state index contributed by atoms with van der Waals surface area (Å²) in [5.74, 6) is 0. The molecule has 0 heterocycles. The van der Waals surface area contributed by atoms with Crippen molar-refractivity contribution in [3.8, 4) is 0 Å². The molecule has 0 saturated carbocycles. The Hall–Kier alpha value is -0.0400. The minimum Gasteiger partial charge on any atom is -0.312 e. The average molecular weight is 185 g/mol. The Morgan fingerprint density at radius 1 is 1.00 bits per heavy atom. The summed E-state index contributed by atoms with van der Waals surface area (Å²) in [7, 11) is 0. The van der Waals surface area contributed by atoms with E-state index in [0.29, 0.717) is 5.54 Å². The van der Waals surface area contributed by atoms with Gasteiger partial charge in [0.1, 0.15) is 0 Å². The normalized spacial score (nSPS) is 15.7. The van der Waals surface area contributed by atoms with Crippen LogP contribution in [0.3, 0.4) is 0 Å². The summed E-state index contributed by atoms with van der Waals surface area (Å²) in [5.41, 5.74) is 0.394. The first-order valence-electron chi connectivity index (χ1n) is 5.93. The Bertz CT molecular complexity index is 112. The van der Waals surface area contributed by atoms with Gasteiger partial charge in [-0.05, 0) is 32.7 Å². The Morgan fingerprint density at radius 3 is 2.08 bits per heavy atom. The molecule has 0 aliphatic heterocycles. The van der Waals surface area contributed by atoms with Crippen LogP contribution < -0.4 is 5.32 Å². The van der Waals surface area contributed by atoms with Crippen LogP contribution in [-0.4, -0.2) is 12.1 Å². The quantitative estimate of drug-likeness (QED) is 0.568. The first-order chi connectivity index (χ1) is 6.18. The molecule has 0 rings (SSSR count). The van der Waals surface area contributed by atoms with E-state index < -0.39 is 0 Å². The lowest BCUT2D eigenvalue weighted by atomic mass is 9.92. The molecule has 0 aliphatic carbocycles. The summed E-state index contributed by atoms with van der Waals surface area (Å²) in [6.45, 7) is 10.3. The molecule has 0 spiro atoms. The number of hydrogen-bond donors (Lipinski definition) is 1. The van der Waals surface area contributed by atoms with Crippen molar-refractivity contribution in [2.75, 3.05) is 6.54 Å². The summed E-state index contributed by atoms with van der Waals surface area (Å²) in [6, 6.07) is 0. The van der Waals surface area contributed by atoms with E-state index in [1.165, 1.54) is 45.1 Å². The van der Waals surface area contributed by atoms with Crippen LogP contribution in [0.1, 0.15) is 66.2 Å². The molecule has 13 heavy (non-hydrogen) atoms. The van der Waals surface area contributed by atoms with Crippen molar-refractivity contribution >= 4 is 0 Å². The van der Waals surface area contributed by atoms with Crippen molar-refractivity contribution in [1.82, 2.24) is 5.32 Å². The third kappa shape index (κ3) is 6.09. The van der Waals surface area contributed by atoms with Gasteiger partial charge in [0.25, 0.3) is 0 Å². The van der Waals surface area contributed by atoms with E-state index in [2.05, 4.69) is 33.0 Å². The van der Waals surface area contributed by atoms with E-state index >= 15 is 0 Å². The third-order valence-electron chi connectivity index (χ3n) is 2.94. The molecule has 0 amide bonds. The fourth-order valence-electron chi connectivity index (χ4n) is 1.52. The first-order valence-corrected chi connectivity index (χ1v) is 5.93. The van der Waals surface area contributed by atoms with Gasteiger partial charge >= 0.3 is 0 Å². The maximum absolute atomic E-state index is 3.68. The molecule has 1 heteroatoms. The highest BCUT2D eigenvalue weighted by Crippen LogP contribution is 2.17. The molecule has 0 aromatic heterocycles. The zero-order valence-electron chi connectivity index (χ0n) is 9.95. The zero-order chi connectivity index (χ0) is 10.2. The fraction of sp³-hybridized carbons (Fsp3) is 1.00. The van der Waals surface area contributed by atoms with E-state index in [0.717, 1.165) is 0 Å². The van der Waals surface area contributed by atoms with Gasteiger partial charge in [0.15, 0.2) is 0 Å². The maximum Gasteiger partial charge on any atom is 0.0150 e. The smallest absolute Gasteiger partial charge is 0.0150 e. The molecule has 1 nitrogen and oxygen atoms in total. The molecule has 0 aromatic rings. The van der Waals surface area contributed by atoms with E-state index in [-0.39, 0.29) is 0 Å². The predicted molar refractivity (Wildman–Crippen MR) is 61.1 cm³/mol. The van der Waals surface area contributed by atoms with Crippen molar-refractivity contribution in [1.29, 1.82) is 0 Å². The van der Waals surface area contributed by atoms with E-state index in [1.807, 2.05) is 0 Å². The van der Waals surface area contributed by atoms with Crippen LogP contribution in [0.4, 0.5) is 0 Å². The molecule has 1 N–H and O–H groups in total. The number of unbranched alkanes of at least 4 members (excludes halogenated alkanes) is 2. The topological polar surface area (TPSA) is 12.0 Å². The average Bonchev–Trinajstić information content (AvgIpc) is 2.15. The number of nitrogens with one attached hydrogen (secondary N) is 1. The Labute approximate surface area is 84.3 Å². The van der Waals surface area contributed by atoms with Crippen molar-refractivity contribution in [3.63, 3.8) is 0 Å². The second kappa shape index (κ2) is 7.37. The highest BCUT2D eigenvalue weighted by Gasteiger charge is 2.19. The van der Waals surface area contributed by atoms with E-state index in [1.54, 1.807) is 0 Å². The molecule has 1 atom stereocenters. The third-order valence-corrected chi connectivity index (χ3v) is 2.94. The monoisotopic (exact) mass is 185 g/mol. The van der Waals surface area contributed by atoms with Crippen LogP contribution in [0.5, 0.6) is 0 Å². The van der Waals surface area contributed by atoms with Crippen LogP contribution in [0.15, 0.2) is 0 Å². The minimum absolute atomic E-state index is 0.394. The maximum atomic E-state index is 3.68. The van der Waals surface area contributed by atoms with Crippen LogP contribution in [0, 0.1) is 0 Å². The second-order valence-corrected chi connectivity index (χ2v) is 4.30. The van der Waals surface area contributed by atoms with Crippen LogP contribution >= 0.6 is 0 Å². The molecule has 1 unspecified atom stereocenters. The van der Waals surface area contributed by atoms with Crippen molar-refractivity contribution < 1.29 is 0 Å². The first kappa shape index (κ1) is 13.0. The molecule has 0 bridgehead atoms.